The summed E-state index contributed by atoms with van der Waals surface area (Å²) < 4.78 is 0. The topological polar surface area (TPSA) is 103 Å². The molecule has 2 aromatic carbocycles. The number of rotatable bonds is 2. The van der Waals surface area contributed by atoms with Gasteiger partial charge in [-0.2, -0.15) is 4.99 Å². The first kappa shape index (κ1) is 12.6. The summed E-state index contributed by atoms with van der Waals surface area (Å²) in [6.45, 7) is 0. The van der Waals surface area contributed by atoms with Crippen molar-refractivity contribution in [2.45, 2.75) is 0 Å². The summed E-state index contributed by atoms with van der Waals surface area (Å²) in [4.78, 5) is 7.81. The molecule has 0 saturated carbocycles. The number of hydrogen-bond donors (Lipinski definition) is 3. The van der Waals surface area contributed by atoms with E-state index in [2.05, 4.69) is 9.98 Å². The molecule has 2 aromatic rings. The molecular weight excluding hydrogens is 238 g/mol. The number of aliphatic imine (C=N–C) groups is 2. The maximum absolute atomic E-state index is 5.60. The van der Waals surface area contributed by atoms with Crippen molar-refractivity contribution in [2.24, 2.45) is 27.2 Å². The van der Waals surface area contributed by atoms with Crippen LogP contribution in [0.5, 0.6) is 0 Å². The molecule has 0 saturated heterocycles. The number of nitrogens with two attached hydrogens (primary N) is 3. The van der Waals surface area contributed by atoms with Crippen molar-refractivity contribution in [3.05, 3.63) is 54.6 Å². The quantitative estimate of drug-likeness (QED) is 0.559. The SMILES string of the molecule is NC(N)=NC(N)=Nc1cccc(-c2ccccc2)c1. The van der Waals surface area contributed by atoms with E-state index in [1.54, 1.807) is 0 Å². The molecule has 0 aliphatic rings. The van der Waals surface area contributed by atoms with Crippen molar-refractivity contribution in [3.63, 3.8) is 0 Å². The van der Waals surface area contributed by atoms with Crippen molar-refractivity contribution in [3.8, 4) is 11.1 Å². The lowest BCUT2D eigenvalue weighted by atomic mass is 10.1. The van der Waals surface area contributed by atoms with Crippen molar-refractivity contribution < 1.29 is 0 Å². The predicted octanol–water partition coefficient (Wildman–Crippen LogP) is 1.57. The summed E-state index contributed by atoms with van der Waals surface area (Å²) >= 11 is 0. The van der Waals surface area contributed by atoms with E-state index < -0.39 is 0 Å². The Morgan fingerprint density at radius 1 is 0.789 bits per heavy atom. The van der Waals surface area contributed by atoms with Crippen molar-refractivity contribution in [1.82, 2.24) is 0 Å². The molecule has 2 rings (SSSR count). The number of nitrogens with zero attached hydrogens (tertiary/aromatic N) is 2. The van der Waals surface area contributed by atoms with E-state index in [1.807, 2.05) is 54.6 Å². The lowest BCUT2D eigenvalue weighted by molar-refractivity contribution is 1.38. The first-order valence-corrected chi connectivity index (χ1v) is 5.74. The Balaban J connectivity index is 2.33. The normalized spacial score (nSPS) is 11.1. The highest BCUT2D eigenvalue weighted by atomic mass is 15.1. The largest absolute Gasteiger partial charge is 0.370 e. The van der Waals surface area contributed by atoms with E-state index in [9.17, 15) is 0 Å². The average molecular weight is 253 g/mol. The second kappa shape index (κ2) is 5.68. The zero-order chi connectivity index (χ0) is 13.7. The molecule has 0 aliphatic heterocycles. The molecule has 5 nitrogen and oxygen atoms in total. The van der Waals surface area contributed by atoms with Crippen LogP contribution in [-0.4, -0.2) is 11.9 Å². The summed E-state index contributed by atoms with van der Waals surface area (Å²) in [6, 6.07) is 17.7. The van der Waals surface area contributed by atoms with Crippen LogP contribution in [0, 0.1) is 0 Å². The molecule has 0 amide bonds. The maximum Gasteiger partial charge on any atom is 0.223 e. The Bertz CT molecular complexity index is 613. The van der Waals surface area contributed by atoms with Gasteiger partial charge in [0, 0.05) is 0 Å². The van der Waals surface area contributed by atoms with Gasteiger partial charge in [-0.05, 0) is 23.3 Å². The Labute approximate surface area is 111 Å². The van der Waals surface area contributed by atoms with Crippen LogP contribution in [0.25, 0.3) is 11.1 Å². The first-order valence-electron chi connectivity index (χ1n) is 5.74. The van der Waals surface area contributed by atoms with Crippen LogP contribution in [0.1, 0.15) is 0 Å². The van der Waals surface area contributed by atoms with Crippen LogP contribution in [-0.2, 0) is 0 Å². The lowest BCUT2D eigenvalue weighted by Crippen LogP contribution is -2.26. The molecule has 0 radical (unpaired) electrons. The van der Waals surface area contributed by atoms with Crippen LogP contribution < -0.4 is 17.2 Å². The molecule has 96 valence electrons. The summed E-state index contributed by atoms with van der Waals surface area (Å²) in [5.74, 6) is -0.0781. The fourth-order valence-electron chi connectivity index (χ4n) is 1.68. The second-order valence-corrected chi connectivity index (χ2v) is 3.92. The van der Waals surface area contributed by atoms with Gasteiger partial charge in [-0.3, -0.25) is 0 Å². The average Bonchev–Trinajstić information content (AvgIpc) is 2.39. The monoisotopic (exact) mass is 253 g/mol. The molecule has 0 atom stereocenters. The summed E-state index contributed by atoms with van der Waals surface area (Å²) in [6.07, 6.45) is 0. The summed E-state index contributed by atoms with van der Waals surface area (Å²) in [7, 11) is 0. The standard InChI is InChI=1S/C14H15N5/c15-13(16)19-14(17)18-12-8-4-7-11(9-12)10-5-2-1-3-6-10/h1-9H,(H6,15,16,17,18,19). The van der Waals surface area contributed by atoms with Crippen LogP contribution in [0.15, 0.2) is 64.6 Å². The van der Waals surface area contributed by atoms with Crippen LogP contribution in [0.3, 0.4) is 0 Å². The molecule has 0 aliphatic carbocycles. The minimum atomic E-state index is -0.111. The Kier molecular flexibility index (Phi) is 3.78. The number of benzene rings is 2. The van der Waals surface area contributed by atoms with Crippen LogP contribution >= 0.6 is 0 Å². The van der Waals surface area contributed by atoms with E-state index in [4.69, 9.17) is 17.2 Å². The molecule has 19 heavy (non-hydrogen) atoms. The van der Waals surface area contributed by atoms with Gasteiger partial charge in [-0.1, -0.05) is 42.5 Å². The zero-order valence-electron chi connectivity index (χ0n) is 10.3. The molecule has 0 unspecified atom stereocenters. The highest BCUT2D eigenvalue weighted by Gasteiger charge is 1.98. The molecule has 0 heterocycles. The van der Waals surface area contributed by atoms with E-state index in [0.717, 1.165) is 11.1 Å². The van der Waals surface area contributed by atoms with Crippen molar-refractivity contribution in [1.29, 1.82) is 0 Å². The predicted molar refractivity (Wildman–Crippen MR) is 79.0 cm³/mol. The number of guanidine groups is 2. The zero-order valence-corrected chi connectivity index (χ0v) is 10.3. The fraction of sp³-hybridized carbons (Fsp3) is 0. The van der Waals surface area contributed by atoms with Gasteiger partial charge in [0.05, 0.1) is 5.69 Å². The van der Waals surface area contributed by atoms with E-state index in [0.29, 0.717) is 5.69 Å². The van der Waals surface area contributed by atoms with Crippen LogP contribution in [0.2, 0.25) is 0 Å². The smallest absolute Gasteiger partial charge is 0.223 e. The molecular formula is C14H15N5. The molecule has 0 spiro atoms. The first-order chi connectivity index (χ1) is 9.15. The van der Waals surface area contributed by atoms with Gasteiger partial charge in [-0.25, -0.2) is 4.99 Å². The van der Waals surface area contributed by atoms with Gasteiger partial charge in [-0.15, -0.1) is 0 Å². The van der Waals surface area contributed by atoms with Gasteiger partial charge in [0.2, 0.25) is 5.96 Å². The third-order valence-corrected chi connectivity index (χ3v) is 2.44. The van der Waals surface area contributed by atoms with E-state index >= 15 is 0 Å². The fourth-order valence-corrected chi connectivity index (χ4v) is 1.68. The summed E-state index contributed by atoms with van der Waals surface area (Å²) in [5.41, 5.74) is 18.9. The van der Waals surface area contributed by atoms with Gasteiger partial charge < -0.3 is 17.2 Å². The van der Waals surface area contributed by atoms with Gasteiger partial charge >= 0.3 is 0 Å². The maximum atomic E-state index is 5.60. The molecule has 5 heteroatoms. The lowest BCUT2D eigenvalue weighted by Gasteiger charge is -2.02. The van der Waals surface area contributed by atoms with Crippen molar-refractivity contribution >= 4 is 17.6 Å². The molecule has 6 N–H and O–H groups in total. The van der Waals surface area contributed by atoms with Crippen molar-refractivity contribution in [2.75, 3.05) is 0 Å². The Hall–Kier alpha value is -2.82. The highest BCUT2D eigenvalue weighted by Crippen LogP contribution is 2.23. The minimum absolute atomic E-state index is 0.0326. The highest BCUT2D eigenvalue weighted by molar-refractivity contribution is 5.93. The Morgan fingerprint density at radius 3 is 2.16 bits per heavy atom. The third kappa shape index (κ3) is 3.57. The van der Waals surface area contributed by atoms with E-state index in [-0.39, 0.29) is 11.9 Å². The minimum Gasteiger partial charge on any atom is -0.370 e. The second-order valence-electron chi connectivity index (χ2n) is 3.92. The van der Waals surface area contributed by atoms with Gasteiger partial charge in [0.1, 0.15) is 0 Å². The molecule has 0 bridgehead atoms. The van der Waals surface area contributed by atoms with Crippen LogP contribution in [0.4, 0.5) is 5.69 Å². The molecule has 0 aromatic heterocycles. The number of hydrogen-bond acceptors (Lipinski definition) is 1. The van der Waals surface area contributed by atoms with Gasteiger partial charge in [0.25, 0.3) is 0 Å². The van der Waals surface area contributed by atoms with Gasteiger partial charge in [0.15, 0.2) is 5.96 Å². The molecule has 0 fully saturated rings. The third-order valence-electron chi connectivity index (χ3n) is 2.44. The van der Waals surface area contributed by atoms with E-state index in [1.165, 1.54) is 0 Å². The Morgan fingerprint density at radius 2 is 1.47 bits per heavy atom. The summed E-state index contributed by atoms with van der Waals surface area (Å²) in [5, 5.41) is 0.